The van der Waals surface area contributed by atoms with Crippen LogP contribution in [0.3, 0.4) is 0 Å². The van der Waals surface area contributed by atoms with Gasteiger partial charge in [-0.1, -0.05) is 30.3 Å². The number of ether oxygens (including phenoxy) is 1. The van der Waals surface area contributed by atoms with Crippen molar-refractivity contribution < 1.29 is 26.4 Å². The van der Waals surface area contributed by atoms with E-state index in [-0.39, 0.29) is 23.1 Å². The number of nitrogens with one attached hydrogen (secondary N) is 2. The normalized spacial score (nSPS) is 16.3. The molecule has 0 radical (unpaired) electrons. The molecule has 1 aliphatic rings. The number of anilines is 2. The molecule has 1 fully saturated rings. The van der Waals surface area contributed by atoms with Crippen LogP contribution < -0.4 is 14.8 Å². The Morgan fingerprint density at radius 3 is 2.27 bits per heavy atom. The Morgan fingerprint density at radius 1 is 0.925 bits per heavy atom. The van der Waals surface area contributed by atoms with Crippen molar-refractivity contribution in [3.63, 3.8) is 0 Å². The van der Waals surface area contributed by atoms with Crippen LogP contribution in [0.2, 0.25) is 0 Å². The number of benzene rings is 3. The fraction of sp³-hybridized carbons (Fsp3) is 0.345. The Labute approximate surface area is 236 Å². The van der Waals surface area contributed by atoms with Gasteiger partial charge in [0.15, 0.2) is 0 Å². The minimum absolute atomic E-state index is 0.0386. The standard InChI is InChI=1S/C29H35N3O6S2/c1-2-38-27-16-12-26(13-17-27)31-40(36,37)28-18-14-25(15-19-28)30-29(33)24-11-6-20-32(22-24)39(34,35)21-7-10-23-8-4-3-5-9-23/h3-5,8-9,12-19,24,31H,2,6-7,10-11,20-22H2,1H3,(H,30,33)/t24-/m0/s1. The molecule has 1 saturated heterocycles. The van der Waals surface area contributed by atoms with Gasteiger partial charge >= 0.3 is 0 Å². The van der Waals surface area contributed by atoms with Gasteiger partial charge in [0.05, 0.1) is 23.2 Å². The molecule has 1 amide bonds. The summed E-state index contributed by atoms with van der Waals surface area (Å²) in [5.74, 6) is -0.0846. The molecule has 1 heterocycles. The molecule has 0 saturated carbocycles. The van der Waals surface area contributed by atoms with Gasteiger partial charge in [-0.3, -0.25) is 9.52 Å². The number of piperidine rings is 1. The first-order chi connectivity index (χ1) is 19.2. The first-order valence-corrected chi connectivity index (χ1v) is 16.4. The Hall–Kier alpha value is -3.41. The van der Waals surface area contributed by atoms with Crippen LogP contribution >= 0.6 is 0 Å². The minimum atomic E-state index is -3.83. The van der Waals surface area contributed by atoms with Crippen molar-refractivity contribution >= 4 is 37.3 Å². The van der Waals surface area contributed by atoms with E-state index in [9.17, 15) is 21.6 Å². The van der Waals surface area contributed by atoms with Crippen LogP contribution in [0, 0.1) is 5.92 Å². The van der Waals surface area contributed by atoms with Gasteiger partial charge in [0.2, 0.25) is 15.9 Å². The number of nitrogens with zero attached hydrogens (tertiary/aromatic N) is 1. The summed E-state index contributed by atoms with van der Waals surface area (Å²) in [5, 5.41) is 2.81. The Kier molecular flexibility index (Phi) is 9.83. The van der Waals surface area contributed by atoms with Crippen molar-refractivity contribution in [3.05, 3.63) is 84.4 Å². The zero-order valence-corrected chi connectivity index (χ0v) is 24.1. The summed E-state index contributed by atoms with van der Waals surface area (Å²) in [6, 6.07) is 22.2. The highest BCUT2D eigenvalue weighted by Crippen LogP contribution is 2.24. The van der Waals surface area contributed by atoms with E-state index in [1.54, 1.807) is 24.3 Å². The second-order valence-electron chi connectivity index (χ2n) is 9.68. The Morgan fingerprint density at radius 2 is 1.60 bits per heavy atom. The van der Waals surface area contributed by atoms with Crippen LogP contribution in [0.25, 0.3) is 0 Å². The summed E-state index contributed by atoms with van der Waals surface area (Å²) < 4.78 is 60.8. The van der Waals surface area contributed by atoms with E-state index in [4.69, 9.17) is 4.74 Å². The molecule has 1 aliphatic heterocycles. The number of carbonyl (C=O) groups is 1. The summed E-state index contributed by atoms with van der Waals surface area (Å²) in [7, 11) is -7.30. The van der Waals surface area contributed by atoms with E-state index in [1.165, 1.54) is 28.6 Å². The Balaban J connectivity index is 1.30. The van der Waals surface area contributed by atoms with E-state index in [1.807, 2.05) is 37.3 Å². The third-order valence-corrected chi connectivity index (χ3v) is 10.0. The second kappa shape index (κ2) is 13.3. The lowest BCUT2D eigenvalue weighted by atomic mass is 9.99. The summed E-state index contributed by atoms with van der Waals surface area (Å²) >= 11 is 0. The average Bonchev–Trinajstić information content (AvgIpc) is 2.95. The molecule has 0 spiro atoms. The van der Waals surface area contributed by atoms with Gasteiger partial charge in [-0.2, -0.15) is 0 Å². The fourth-order valence-electron chi connectivity index (χ4n) is 4.60. The number of sulfonamides is 2. The maximum atomic E-state index is 13.0. The van der Waals surface area contributed by atoms with E-state index in [0.717, 1.165) is 5.56 Å². The maximum absolute atomic E-state index is 13.0. The van der Waals surface area contributed by atoms with E-state index in [2.05, 4.69) is 10.0 Å². The van der Waals surface area contributed by atoms with Gasteiger partial charge < -0.3 is 10.1 Å². The molecule has 11 heteroatoms. The number of carbonyl (C=O) groups excluding carboxylic acids is 1. The molecule has 3 aromatic carbocycles. The van der Waals surface area contributed by atoms with Crippen molar-refractivity contribution in [3.8, 4) is 5.75 Å². The number of aryl methyl sites for hydroxylation is 1. The van der Waals surface area contributed by atoms with Gasteiger partial charge in [0.25, 0.3) is 10.0 Å². The lowest BCUT2D eigenvalue weighted by molar-refractivity contribution is -0.120. The highest BCUT2D eigenvalue weighted by atomic mass is 32.2. The lowest BCUT2D eigenvalue weighted by Crippen LogP contribution is -2.44. The monoisotopic (exact) mass is 585 g/mol. The summed E-state index contributed by atoms with van der Waals surface area (Å²) in [5.41, 5.74) is 1.94. The van der Waals surface area contributed by atoms with Crippen molar-refractivity contribution in [2.75, 3.05) is 35.5 Å². The third kappa shape index (κ3) is 8.06. The average molecular weight is 586 g/mol. The molecule has 3 aromatic rings. The molecule has 9 nitrogen and oxygen atoms in total. The Bertz CT molecular complexity index is 1480. The molecule has 214 valence electrons. The van der Waals surface area contributed by atoms with Gasteiger partial charge in [-0.25, -0.2) is 21.1 Å². The van der Waals surface area contributed by atoms with Crippen LogP contribution in [0.5, 0.6) is 5.75 Å². The molecule has 0 unspecified atom stereocenters. The van der Waals surface area contributed by atoms with Gasteiger partial charge in [-0.15, -0.1) is 0 Å². The zero-order chi connectivity index (χ0) is 28.6. The number of rotatable bonds is 12. The third-order valence-electron chi connectivity index (χ3n) is 6.71. The second-order valence-corrected chi connectivity index (χ2v) is 13.4. The first kappa shape index (κ1) is 29.6. The van der Waals surface area contributed by atoms with Crippen molar-refractivity contribution in [1.82, 2.24) is 4.31 Å². The highest BCUT2D eigenvalue weighted by molar-refractivity contribution is 7.92. The van der Waals surface area contributed by atoms with E-state index < -0.39 is 26.0 Å². The topological polar surface area (TPSA) is 122 Å². The summed E-state index contributed by atoms with van der Waals surface area (Å²) in [6.07, 6.45) is 2.38. The van der Waals surface area contributed by atoms with Crippen molar-refractivity contribution in [1.29, 1.82) is 0 Å². The molecule has 1 atom stereocenters. The summed E-state index contributed by atoms with van der Waals surface area (Å²) in [4.78, 5) is 13.0. The molecule has 4 rings (SSSR count). The number of amides is 1. The van der Waals surface area contributed by atoms with E-state index in [0.29, 0.717) is 56.0 Å². The smallest absolute Gasteiger partial charge is 0.261 e. The molecule has 2 N–H and O–H groups in total. The van der Waals surface area contributed by atoms with Crippen LogP contribution in [0.15, 0.2) is 83.8 Å². The fourth-order valence-corrected chi connectivity index (χ4v) is 7.24. The van der Waals surface area contributed by atoms with Gasteiger partial charge in [0, 0.05) is 24.5 Å². The predicted molar refractivity (Wildman–Crippen MR) is 156 cm³/mol. The SMILES string of the molecule is CCOc1ccc(NS(=O)(=O)c2ccc(NC(=O)[C@H]3CCCN(S(=O)(=O)CCCc4ccccc4)C3)cc2)cc1. The minimum Gasteiger partial charge on any atom is -0.494 e. The van der Waals surface area contributed by atoms with Crippen molar-refractivity contribution in [2.45, 2.75) is 37.5 Å². The molecule has 0 aromatic heterocycles. The van der Waals surface area contributed by atoms with Crippen LogP contribution in [-0.2, 0) is 31.3 Å². The maximum Gasteiger partial charge on any atom is 0.261 e. The quantitative estimate of drug-likeness (QED) is 0.323. The lowest BCUT2D eigenvalue weighted by Gasteiger charge is -2.31. The molecular formula is C29H35N3O6S2. The van der Waals surface area contributed by atoms with Crippen LogP contribution in [0.4, 0.5) is 11.4 Å². The molecule has 40 heavy (non-hydrogen) atoms. The zero-order valence-electron chi connectivity index (χ0n) is 22.5. The predicted octanol–water partition coefficient (Wildman–Crippen LogP) is 4.50. The van der Waals surface area contributed by atoms with Crippen molar-refractivity contribution in [2.24, 2.45) is 5.92 Å². The molecular weight excluding hydrogens is 550 g/mol. The number of hydrogen-bond donors (Lipinski definition) is 2. The first-order valence-electron chi connectivity index (χ1n) is 13.3. The largest absolute Gasteiger partial charge is 0.494 e. The molecule has 0 bridgehead atoms. The molecule has 0 aliphatic carbocycles. The highest BCUT2D eigenvalue weighted by Gasteiger charge is 2.32. The summed E-state index contributed by atoms with van der Waals surface area (Å²) in [6.45, 7) is 2.93. The van der Waals surface area contributed by atoms with Gasteiger partial charge in [0.1, 0.15) is 5.75 Å². The van der Waals surface area contributed by atoms with E-state index >= 15 is 0 Å². The van der Waals surface area contributed by atoms with Gasteiger partial charge in [-0.05, 0) is 86.7 Å². The van der Waals surface area contributed by atoms with Crippen LogP contribution in [0.1, 0.15) is 31.7 Å². The van der Waals surface area contributed by atoms with Crippen LogP contribution in [-0.4, -0.2) is 52.5 Å². The number of hydrogen-bond acceptors (Lipinski definition) is 6.